The average molecular weight is 262 g/mol. The minimum Gasteiger partial charge on any atom is -0.338 e. The molecule has 2 fully saturated rings. The van der Waals surface area contributed by atoms with Crippen molar-refractivity contribution >= 4 is 5.91 Å². The van der Waals surface area contributed by atoms with Gasteiger partial charge in [0, 0.05) is 24.7 Å². The summed E-state index contributed by atoms with van der Waals surface area (Å²) in [5, 5.41) is 3.48. The maximum Gasteiger partial charge on any atom is 0.253 e. The lowest BCUT2D eigenvalue weighted by molar-refractivity contribution is 0.0661. The number of rotatable bonds is 1. The van der Waals surface area contributed by atoms with Gasteiger partial charge in [0.15, 0.2) is 0 Å². The van der Waals surface area contributed by atoms with E-state index in [1.165, 1.54) is 6.07 Å². The van der Waals surface area contributed by atoms with Crippen LogP contribution in [0.4, 0.5) is 4.39 Å². The molecule has 4 heteroatoms. The number of nitrogens with zero attached hydrogens (tertiary/aromatic N) is 1. The Balaban J connectivity index is 1.74. The number of benzene rings is 1. The standard InChI is InChI=1S/C15H19FN2O/c1-10-2-3-11(8-13(10)16)15(19)18-7-5-14-12(9-18)4-6-17-14/h2-3,8,12,14,17H,4-7,9H2,1H3. The fourth-order valence-electron chi connectivity index (χ4n) is 3.14. The predicted molar refractivity (Wildman–Crippen MR) is 71.6 cm³/mol. The summed E-state index contributed by atoms with van der Waals surface area (Å²) in [7, 11) is 0. The van der Waals surface area contributed by atoms with Crippen molar-refractivity contribution in [2.24, 2.45) is 5.92 Å². The van der Waals surface area contributed by atoms with Gasteiger partial charge in [-0.2, -0.15) is 0 Å². The Bertz CT molecular complexity index is 503. The molecule has 3 rings (SSSR count). The Morgan fingerprint density at radius 2 is 2.26 bits per heavy atom. The van der Waals surface area contributed by atoms with Crippen molar-refractivity contribution < 1.29 is 9.18 Å². The van der Waals surface area contributed by atoms with Gasteiger partial charge in [0.05, 0.1) is 0 Å². The molecule has 1 aromatic carbocycles. The summed E-state index contributed by atoms with van der Waals surface area (Å²) in [6.07, 6.45) is 2.14. The van der Waals surface area contributed by atoms with Crippen molar-refractivity contribution in [3.63, 3.8) is 0 Å². The molecule has 2 aliphatic heterocycles. The smallest absolute Gasteiger partial charge is 0.253 e. The average Bonchev–Trinajstić information content (AvgIpc) is 2.88. The van der Waals surface area contributed by atoms with Gasteiger partial charge in [-0.3, -0.25) is 4.79 Å². The van der Waals surface area contributed by atoms with Crippen LogP contribution in [0.3, 0.4) is 0 Å². The number of amides is 1. The van der Waals surface area contributed by atoms with E-state index < -0.39 is 0 Å². The van der Waals surface area contributed by atoms with Gasteiger partial charge in [0.1, 0.15) is 5.82 Å². The topological polar surface area (TPSA) is 32.3 Å². The number of carbonyl (C=O) groups is 1. The first kappa shape index (κ1) is 12.6. The highest BCUT2D eigenvalue weighted by atomic mass is 19.1. The zero-order chi connectivity index (χ0) is 13.4. The first-order chi connectivity index (χ1) is 9.15. The van der Waals surface area contributed by atoms with E-state index in [-0.39, 0.29) is 11.7 Å². The quantitative estimate of drug-likeness (QED) is 0.839. The fraction of sp³-hybridized carbons (Fsp3) is 0.533. The Morgan fingerprint density at radius 3 is 3.05 bits per heavy atom. The number of nitrogens with one attached hydrogen (secondary N) is 1. The molecule has 0 saturated carbocycles. The van der Waals surface area contributed by atoms with E-state index in [0.29, 0.717) is 23.1 Å². The molecule has 1 aromatic rings. The van der Waals surface area contributed by atoms with Crippen LogP contribution in [-0.4, -0.2) is 36.5 Å². The van der Waals surface area contributed by atoms with Gasteiger partial charge >= 0.3 is 0 Å². The molecule has 0 spiro atoms. The number of likely N-dealkylation sites (tertiary alicyclic amines) is 1. The van der Waals surface area contributed by atoms with Crippen molar-refractivity contribution in [3.8, 4) is 0 Å². The minimum absolute atomic E-state index is 0.0377. The van der Waals surface area contributed by atoms with Crippen molar-refractivity contribution in [2.45, 2.75) is 25.8 Å². The molecule has 3 nitrogen and oxygen atoms in total. The fourth-order valence-corrected chi connectivity index (χ4v) is 3.14. The number of hydrogen-bond acceptors (Lipinski definition) is 2. The van der Waals surface area contributed by atoms with Gasteiger partial charge < -0.3 is 10.2 Å². The van der Waals surface area contributed by atoms with Crippen LogP contribution in [0.2, 0.25) is 0 Å². The van der Waals surface area contributed by atoms with Crippen molar-refractivity contribution in [1.82, 2.24) is 10.2 Å². The monoisotopic (exact) mass is 262 g/mol. The number of halogens is 1. The maximum atomic E-state index is 13.5. The molecule has 0 bridgehead atoms. The largest absolute Gasteiger partial charge is 0.338 e. The van der Waals surface area contributed by atoms with Crippen LogP contribution in [0.1, 0.15) is 28.8 Å². The van der Waals surface area contributed by atoms with E-state index in [1.807, 2.05) is 4.90 Å². The summed E-state index contributed by atoms with van der Waals surface area (Å²) >= 11 is 0. The second-order valence-corrected chi connectivity index (χ2v) is 5.61. The third kappa shape index (κ3) is 2.37. The second-order valence-electron chi connectivity index (χ2n) is 5.61. The molecule has 0 radical (unpaired) electrons. The molecule has 2 aliphatic rings. The van der Waals surface area contributed by atoms with Gasteiger partial charge in [-0.15, -0.1) is 0 Å². The van der Waals surface area contributed by atoms with Crippen LogP contribution in [-0.2, 0) is 0 Å². The van der Waals surface area contributed by atoms with Crippen LogP contribution < -0.4 is 5.32 Å². The third-order valence-corrected chi connectivity index (χ3v) is 4.36. The van der Waals surface area contributed by atoms with Crippen molar-refractivity contribution in [2.75, 3.05) is 19.6 Å². The third-order valence-electron chi connectivity index (χ3n) is 4.36. The summed E-state index contributed by atoms with van der Waals surface area (Å²) in [6.45, 7) is 4.32. The number of fused-ring (bicyclic) bond motifs is 1. The maximum absolute atomic E-state index is 13.5. The van der Waals surface area contributed by atoms with Crippen LogP contribution in [0.15, 0.2) is 18.2 Å². The van der Waals surface area contributed by atoms with E-state index in [4.69, 9.17) is 0 Å². The molecular weight excluding hydrogens is 243 g/mol. The molecule has 1 amide bonds. The highest BCUT2D eigenvalue weighted by Crippen LogP contribution is 2.25. The predicted octanol–water partition coefficient (Wildman–Crippen LogP) is 1.96. The molecule has 0 aromatic heterocycles. The van der Waals surface area contributed by atoms with Gasteiger partial charge in [0.25, 0.3) is 5.91 Å². The minimum atomic E-state index is -0.303. The van der Waals surface area contributed by atoms with Crippen LogP contribution in [0.25, 0.3) is 0 Å². The molecule has 2 atom stereocenters. The SMILES string of the molecule is Cc1ccc(C(=O)N2CCC3NCCC3C2)cc1F. The highest BCUT2D eigenvalue weighted by Gasteiger charge is 2.34. The normalized spacial score (nSPS) is 26.3. The molecule has 0 aliphatic carbocycles. The van der Waals surface area contributed by atoms with Crippen molar-refractivity contribution in [1.29, 1.82) is 0 Å². The Hall–Kier alpha value is -1.42. The van der Waals surface area contributed by atoms with Crippen molar-refractivity contribution in [3.05, 3.63) is 35.1 Å². The first-order valence-corrected chi connectivity index (χ1v) is 6.94. The molecule has 102 valence electrons. The Morgan fingerprint density at radius 1 is 1.42 bits per heavy atom. The van der Waals surface area contributed by atoms with Gasteiger partial charge in [-0.1, -0.05) is 6.07 Å². The molecular formula is C15H19FN2O. The molecule has 19 heavy (non-hydrogen) atoms. The summed E-state index contributed by atoms with van der Waals surface area (Å²) in [4.78, 5) is 14.3. The first-order valence-electron chi connectivity index (χ1n) is 6.94. The lowest BCUT2D eigenvalue weighted by Gasteiger charge is -2.35. The van der Waals surface area contributed by atoms with Crippen LogP contribution in [0.5, 0.6) is 0 Å². The Labute approximate surface area is 112 Å². The number of carbonyl (C=O) groups excluding carboxylic acids is 1. The Kier molecular flexibility index (Phi) is 3.27. The summed E-state index contributed by atoms with van der Waals surface area (Å²) < 4.78 is 13.5. The molecule has 2 heterocycles. The summed E-state index contributed by atoms with van der Waals surface area (Å²) in [5.74, 6) is 0.223. The van der Waals surface area contributed by atoms with Gasteiger partial charge in [-0.05, 0) is 49.9 Å². The molecule has 2 saturated heterocycles. The summed E-state index contributed by atoms with van der Waals surface area (Å²) in [6, 6.07) is 5.32. The molecule has 1 N–H and O–H groups in total. The van der Waals surface area contributed by atoms with E-state index in [1.54, 1.807) is 19.1 Å². The second kappa shape index (κ2) is 4.93. The van der Waals surface area contributed by atoms with Crippen LogP contribution in [0, 0.1) is 18.7 Å². The van der Waals surface area contributed by atoms with E-state index in [2.05, 4.69) is 5.32 Å². The zero-order valence-electron chi connectivity index (χ0n) is 11.2. The number of hydrogen-bond donors (Lipinski definition) is 1. The summed E-state index contributed by atoms with van der Waals surface area (Å²) in [5.41, 5.74) is 1.04. The number of aryl methyl sites for hydroxylation is 1. The lowest BCUT2D eigenvalue weighted by atomic mass is 9.93. The van der Waals surface area contributed by atoms with E-state index >= 15 is 0 Å². The number of piperidine rings is 1. The van der Waals surface area contributed by atoms with E-state index in [0.717, 1.165) is 32.5 Å². The van der Waals surface area contributed by atoms with E-state index in [9.17, 15) is 9.18 Å². The van der Waals surface area contributed by atoms with Gasteiger partial charge in [-0.25, -0.2) is 4.39 Å². The lowest BCUT2D eigenvalue weighted by Crippen LogP contribution is -2.46. The zero-order valence-corrected chi connectivity index (χ0v) is 11.2. The van der Waals surface area contributed by atoms with Gasteiger partial charge in [0.2, 0.25) is 0 Å². The highest BCUT2D eigenvalue weighted by molar-refractivity contribution is 5.94. The molecule has 2 unspecified atom stereocenters. The van der Waals surface area contributed by atoms with Crippen LogP contribution >= 0.6 is 0 Å².